The molecule has 0 N–H and O–H groups in total. The van der Waals surface area contributed by atoms with E-state index < -0.39 is 0 Å². The molecule has 3 atom stereocenters. The zero-order valence-corrected chi connectivity index (χ0v) is 8.42. The first-order valence-corrected chi connectivity index (χ1v) is 5.66. The molecule has 2 unspecified atom stereocenters. The maximum Gasteiger partial charge on any atom is -0.0245 e. The molecule has 70 valence electrons. The highest BCUT2D eigenvalue weighted by atomic mass is 14.6. The van der Waals surface area contributed by atoms with Gasteiger partial charge in [0.25, 0.3) is 0 Å². The zero-order valence-electron chi connectivity index (χ0n) is 8.42. The summed E-state index contributed by atoms with van der Waals surface area (Å²) in [4.78, 5) is 0. The highest BCUT2D eigenvalue weighted by Crippen LogP contribution is 2.66. The van der Waals surface area contributed by atoms with Gasteiger partial charge in [-0.15, -0.1) is 0 Å². The summed E-state index contributed by atoms with van der Waals surface area (Å²) in [5.41, 5.74) is 2.42. The van der Waals surface area contributed by atoms with Crippen molar-refractivity contribution in [2.45, 2.75) is 39.0 Å². The molecule has 3 rings (SSSR count). The normalized spacial score (nSPS) is 46.4. The Hall–Kier alpha value is -0.520. The van der Waals surface area contributed by atoms with E-state index in [0.29, 0.717) is 0 Å². The van der Waals surface area contributed by atoms with Crippen LogP contribution in [0, 0.1) is 17.3 Å². The van der Waals surface area contributed by atoms with Gasteiger partial charge in [0.05, 0.1) is 0 Å². The topological polar surface area (TPSA) is 0 Å². The molecule has 0 aromatic rings. The van der Waals surface area contributed by atoms with E-state index in [2.05, 4.69) is 25.2 Å². The third-order valence-corrected chi connectivity index (χ3v) is 4.35. The molecule has 0 heterocycles. The average Bonchev–Trinajstić information content (AvgIpc) is 2.53. The van der Waals surface area contributed by atoms with E-state index in [0.717, 1.165) is 17.3 Å². The van der Waals surface area contributed by atoms with Gasteiger partial charge in [0, 0.05) is 0 Å². The standard InChI is InChI=1S/C13H18/c1-10-5-6-13(8-10)9-12(13)7-11-3-2-4-11/h2-4,10,12H,5-9H2,1H3/t10?,12?,13-/m0/s1. The van der Waals surface area contributed by atoms with E-state index in [4.69, 9.17) is 0 Å². The van der Waals surface area contributed by atoms with Crippen molar-refractivity contribution in [3.8, 4) is 0 Å². The molecular weight excluding hydrogens is 156 g/mol. The Labute approximate surface area is 80.7 Å². The summed E-state index contributed by atoms with van der Waals surface area (Å²) in [7, 11) is 0. The van der Waals surface area contributed by atoms with Gasteiger partial charge in [-0.25, -0.2) is 0 Å². The van der Waals surface area contributed by atoms with Crippen molar-refractivity contribution in [2.24, 2.45) is 17.3 Å². The molecule has 0 nitrogen and oxygen atoms in total. The van der Waals surface area contributed by atoms with Crippen LogP contribution in [0.25, 0.3) is 0 Å². The van der Waals surface area contributed by atoms with E-state index in [9.17, 15) is 0 Å². The Morgan fingerprint density at radius 3 is 2.85 bits per heavy atom. The second kappa shape index (κ2) is 2.50. The molecule has 0 radical (unpaired) electrons. The summed E-state index contributed by atoms with van der Waals surface area (Å²) >= 11 is 0. The van der Waals surface area contributed by atoms with Gasteiger partial charge in [-0.3, -0.25) is 0 Å². The van der Waals surface area contributed by atoms with Crippen molar-refractivity contribution < 1.29 is 0 Å². The Morgan fingerprint density at radius 2 is 2.31 bits per heavy atom. The summed E-state index contributed by atoms with van der Waals surface area (Å²) in [5.74, 6) is 2.06. The van der Waals surface area contributed by atoms with Crippen LogP contribution in [0.2, 0.25) is 0 Å². The van der Waals surface area contributed by atoms with E-state index in [-0.39, 0.29) is 0 Å². The first-order chi connectivity index (χ1) is 6.28. The predicted molar refractivity (Wildman–Crippen MR) is 55.4 cm³/mol. The molecule has 0 aliphatic heterocycles. The first-order valence-electron chi connectivity index (χ1n) is 5.66. The van der Waals surface area contributed by atoms with E-state index >= 15 is 0 Å². The third kappa shape index (κ3) is 1.19. The lowest BCUT2D eigenvalue weighted by atomic mass is 9.94. The van der Waals surface area contributed by atoms with Crippen LogP contribution in [0.15, 0.2) is 23.8 Å². The molecule has 13 heavy (non-hydrogen) atoms. The minimum absolute atomic E-state index is 0.823. The number of allylic oxidation sites excluding steroid dienone is 4. The predicted octanol–water partition coefficient (Wildman–Crippen LogP) is 3.70. The molecule has 0 aromatic heterocycles. The van der Waals surface area contributed by atoms with Crippen LogP contribution in [0.3, 0.4) is 0 Å². The van der Waals surface area contributed by atoms with E-state index in [1.807, 2.05) is 0 Å². The second-order valence-corrected chi connectivity index (χ2v) is 5.42. The maximum absolute atomic E-state index is 2.42. The second-order valence-electron chi connectivity index (χ2n) is 5.42. The van der Waals surface area contributed by atoms with Crippen LogP contribution in [-0.2, 0) is 0 Å². The minimum atomic E-state index is 0.823. The smallest absolute Gasteiger partial charge is 0.0245 e. The minimum Gasteiger partial charge on any atom is -0.0625 e. The highest BCUT2D eigenvalue weighted by molar-refractivity contribution is 5.36. The molecule has 2 saturated carbocycles. The summed E-state index contributed by atoms with van der Waals surface area (Å²) in [6.07, 6.45) is 14.2. The summed E-state index contributed by atoms with van der Waals surface area (Å²) < 4.78 is 0. The van der Waals surface area contributed by atoms with Gasteiger partial charge in [0.1, 0.15) is 0 Å². The van der Waals surface area contributed by atoms with Crippen molar-refractivity contribution >= 4 is 0 Å². The summed E-state index contributed by atoms with van der Waals surface area (Å²) in [5, 5.41) is 0. The van der Waals surface area contributed by atoms with Crippen molar-refractivity contribution in [1.82, 2.24) is 0 Å². The lowest BCUT2D eigenvalue weighted by molar-refractivity contribution is 0.448. The van der Waals surface area contributed by atoms with Crippen molar-refractivity contribution in [3.63, 3.8) is 0 Å². The van der Waals surface area contributed by atoms with Gasteiger partial charge in [-0.1, -0.05) is 31.6 Å². The van der Waals surface area contributed by atoms with Crippen molar-refractivity contribution in [1.29, 1.82) is 0 Å². The number of hydrogen-bond acceptors (Lipinski definition) is 0. The van der Waals surface area contributed by atoms with Gasteiger partial charge in [-0.2, -0.15) is 0 Å². The fraction of sp³-hybridized carbons (Fsp3) is 0.692. The molecule has 2 fully saturated rings. The van der Waals surface area contributed by atoms with Crippen LogP contribution >= 0.6 is 0 Å². The van der Waals surface area contributed by atoms with E-state index in [1.165, 1.54) is 32.1 Å². The maximum atomic E-state index is 2.42. The van der Waals surface area contributed by atoms with Crippen LogP contribution < -0.4 is 0 Å². The van der Waals surface area contributed by atoms with Crippen molar-refractivity contribution in [2.75, 3.05) is 0 Å². The lowest BCUT2D eigenvalue weighted by Gasteiger charge is -2.11. The first kappa shape index (κ1) is 7.84. The van der Waals surface area contributed by atoms with Crippen LogP contribution in [0.5, 0.6) is 0 Å². The summed E-state index contributed by atoms with van der Waals surface area (Å²) in [6.45, 7) is 2.42. The lowest BCUT2D eigenvalue weighted by Crippen LogP contribution is -1.99. The van der Waals surface area contributed by atoms with Gasteiger partial charge < -0.3 is 0 Å². The fourth-order valence-electron chi connectivity index (χ4n) is 3.36. The Bertz CT molecular complexity index is 284. The van der Waals surface area contributed by atoms with Crippen LogP contribution in [0.1, 0.15) is 39.0 Å². The Morgan fingerprint density at radius 1 is 1.46 bits per heavy atom. The monoisotopic (exact) mass is 174 g/mol. The van der Waals surface area contributed by atoms with Crippen molar-refractivity contribution in [3.05, 3.63) is 23.8 Å². The number of rotatable bonds is 2. The molecule has 0 saturated heterocycles. The number of hydrogen-bond donors (Lipinski definition) is 0. The van der Waals surface area contributed by atoms with Gasteiger partial charge >= 0.3 is 0 Å². The molecule has 0 aromatic carbocycles. The molecule has 0 heteroatoms. The highest BCUT2D eigenvalue weighted by Gasteiger charge is 2.56. The third-order valence-electron chi connectivity index (χ3n) is 4.35. The molecule has 3 aliphatic rings. The van der Waals surface area contributed by atoms with Gasteiger partial charge in [0.15, 0.2) is 0 Å². The molecule has 0 amide bonds. The zero-order chi connectivity index (χ0) is 8.89. The molecular formula is C13H18. The SMILES string of the molecule is CC1CC[C@]2(C1)CC2CC1=CC=C1. The van der Waals surface area contributed by atoms with Crippen LogP contribution in [0.4, 0.5) is 0 Å². The quantitative estimate of drug-likeness (QED) is 0.599. The Kier molecular flexibility index (Phi) is 1.51. The van der Waals surface area contributed by atoms with Gasteiger partial charge in [-0.05, 0) is 48.5 Å². The molecule has 0 bridgehead atoms. The van der Waals surface area contributed by atoms with Gasteiger partial charge in [0.2, 0.25) is 0 Å². The largest absolute Gasteiger partial charge is 0.0625 e. The fourth-order valence-corrected chi connectivity index (χ4v) is 3.36. The van der Waals surface area contributed by atoms with E-state index in [1.54, 1.807) is 5.57 Å². The average molecular weight is 174 g/mol. The Balaban J connectivity index is 1.59. The summed E-state index contributed by atoms with van der Waals surface area (Å²) in [6, 6.07) is 0. The van der Waals surface area contributed by atoms with Crippen LogP contribution in [-0.4, -0.2) is 0 Å². The molecule has 1 spiro atoms. The molecule has 3 aliphatic carbocycles.